The highest BCUT2D eigenvalue weighted by Crippen LogP contribution is 2.22. The second-order valence-electron chi connectivity index (χ2n) is 7.35. The Kier molecular flexibility index (Phi) is 6.66. The van der Waals surface area contributed by atoms with Crippen LogP contribution in [0.4, 0.5) is 4.39 Å². The SMILES string of the molecule is Cc1ccc(C)c(S(=O)(=O)N2CCN(CC(=O)NCc3ccc(F)cc3)CC2)c1. The van der Waals surface area contributed by atoms with Crippen LogP contribution in [0, 0.1) is 19.7 Å². The number of nitrogens with zero attached hydrogens (tertiary/aromatic N) is 2. The molecule has 0 aromatic heterocycles. The molecule has 0 aliphatic carbocycles. The first-order valence-corrected chi connectivity index (χ1v) is 11.0. The summed E-state index contributed by atoms with van der Waals surface area (Å²) in [5, 5.41) is 2.81. The molecule has 0 unspecified atom stereocenters. The van der Waals surface area contributed by atoms with E-state index in [4.69, 9.17) is 0 Å². The van der Waals surface area contributed by atoms with Crippen molar-refractivity contribution >= 4 is 15.9 Å². The maximum atomic E-state index is 13.0. The van der Waals surface area contributed by atoms with Gasteiger partial charge in [0.15, 0.2) is 0 Å². The van der Waals surface area contributed by atoms with E-state index in [9.17, 15) is 17.6 Å². The molecule has 3 rings (SSSR count). The summed E-state index contributed by atoms with van der Waals surface area (Å²) in [6.45, 7) is 5.90. The molecule has 0 bridgehead atoms. The van der Waals surface area contributed by atoms with Crippen LogP contribution in [0.1, 0.15) is 16.7 Å². The fourth-order valence-electron chi connectivity index (χ4n) is 3.31. The minimum atomic E-state index is -3.54. The van der Waals surface area contributed by atoms with Gasteiger partial charge in [-0.2, -0.15) is 4.31 Å². The molecule has 6 nitrogen and oxygen atoms in total. The van der Waals surface area contributed by atoms with Crippen molar-refractivity contribution in [3.8, 4) is 0 Å². The fraction of sp³-hybridized carbons (Fsp3) is 0.381. The van der Waals surface area contributed by atoms with Gasteiger partial charge in [-0.3, -0.25) is 9.69 Å². The lowest BCUT2D eigenvalue weighted by molar-refractivity contribution is -0.122. The lowest BCUT2D eigenvalue weighted by Crippen LogP contribution is -2.51. The largest absolute Gasteiger partial charge is 0.351 e. The van der Waals surface area contributed by atoms with Crippen LogP contribution in [-0.2, 0) is 21.4 Å². The fourth-order valence-corrected chi connectivity index (χ4v) is 5.05. The molecule has 2 aromatic rings. The summed E-state index contributed by atoms with van der Waals surface area (Å²) < 4.78 is 40.4. The average Bonchev–Trinajstić information content (AvgIpc) is 2.70. The molecule has 2 aromatic carbocycles. The molecular weight excluding hydrogens is 393 g/mol. The van der Waals surface area contributed by atoms with Crippen molar-refractivity contribution in [3.05, 3.63) is 65.0 Å². The number of piperazine rings is 1. The van der Waals surface area contributed by atoms with Gasteiger partial charge >= 0.3 is 0 Å². The Morgan fingerprint density at radius 1 is 1.03 bits per heavy atom. The molecule has 1 aliphatic rings. The van der Waals surface area contributed by atoms with Gasteiger partial charge in [0, 0.05) is 32.7 Å². The quantitative estimate of drug-likeness (QED) is 0.778. The van der Waals surface area contributed by atoms with Gasteiger partial charge in [-0.1, -0.05) is 24.3 Å². The molecule has 156 valence electrons. The third kappa shape index (κ3) is 5.41. The Morgan fingerprint density at radius 3 is 2.34 bits per heavy atom. The van der Waals surface area contributed by atoms with E-state index in [0.29, 0.717) is 37.6 Å². The van der Waals surface area contributed by atoms with E-state index in [0.717, 1.165) is 16.7 Å². The van der Waals surface area contributed by atoms with Gasteiger partial charge in [0.2, 0.25) is 15.9 Å². The van der Waals surface area contributed by atoms with Gasteiger partial charge in [-0.15, -0.1) is 0 Å². The highest BCUT2D eigenvalue weighted by molar-refractivity contribution is 7.89. The summed E-state index contributed by atoms with van der Waals surface area (Å²) in [5.74, 6) is -0.450. The highest BCUT2D eigenvalue weighted by Gasteiger charge is 2.30. The Labute approximate surface area is 171 Å². The summed E-state index contributed by atoms with van der Waals surface area (Å²) in [7, 11) is -3.54. The van der Waals surface area contributed by atoms with E-state index in [1.165, 1.54) is 16.4 Å². The second kappa shape index (κ2) is 9.02. The number of halogens is 1. The molecule has 0 radical (unpaired) electrons. The smallest absolute Gasteiger partial charge is 0.243 e. The number of aryl methyl sites for hydroxylation is 2. The van der Waals surface area contributed by atoms with Crippen molar-refractivity contribution in [3.63, 3.8) is 0 Å². The van der Waals surface area contributed by atoms with Crippen LogP contribution in [0.15, 0.2) is 47.4 Å². The lowest BCUT2D eigenvalue weighted by atomic mass is 10.2. The monoisotopic (exact) mass is 419 g/mol. The third-order valence-electron chi connectivity index (χ3n) is 5.06. The first kappa shape index (κ1) is 21.4. The van der Waals surface area contributed by atoms with Gasteiger partial charge in [-0.05, 0) is 48.7 Å². The Morgan fingerprint density at radius 2 is 1.69 bits per heavy atom. The number of hydrogen-bond donors (Lipinski definition) is 1. The summed E-state index contributed by atoms with van der Waals surface area (Å²) >= 11 is 0. The molecule has 1 saturated heterocycles. The topological polar surface area (TPSA) is 69.7 Å². The zero-order chi connectivity index (χ0) is 21.0. The van der Waals surface area contributed by atoms with E-state index < -0.39 is 10.0 Å². The van der Waals surface area contributed by atoms with Crippen LogP contribution in [0.25, 0.3) is 0 Å². The van der Waals surface area contributed by atoms with Gasteiger partial charge in [-0.25, -0.2) is 12.8 Å². The molecular formula is C21H26FN3O3S. The number of rotatable bonds is 6. The molecule has 0 saturated carbocycles. The van der Waals surface area contributed by atoms with Crippen LogP contribution in [-0.4, -0.2) is 56.3 Å². The summed E-state index contributed by atoms with van der Waals surface area (Å²) in [5.41, 5.74) is 2.47. The highest BCUT2D eigenvalue weighted by atomic mass is 32.2. The minimum absolute atomic E-state index is 0.139. The van der Waals surface area contributed by atoms with E-state index >= 15 is 0 Å². The third-order valence-corrected chi connectivity index (χ3v) is 7.10. The van der Waals surface area contributed by atoms with Crippen molar-refractivity contribution in [1.82, 2.24) is 14.5 Å². The Balaban J connectivity index is 1.51. The number of nitrogens with one attached hydrogen (secondary N) is 1. The summed E-state index contributed by atoms with van der Waals surface area (Å²) in [4.78, 5) is 14.5. The number of carbonyl (C=O) groups excluding carboxylic acids is 1. The first-order valence-electron chi connectivity index (χ1n) is 9.56. The van der Waals surface area contributed by atoms with Crippen molar-refractivity contribution in [2.75, 3.05) is 32.7 Å². The van der Waals surface area contributed by atoms with Crippen LogP contribution < -0.4 is 5.32 Å². The molecule has 1 aliphatic heterocycles. The molecule has 1 amide bonds. The number of benzene rings is 2. The predicted molar refractivity (Wildman–Crippen MR) is 109 cm³/mol. The number of amides is 1. The number of carbonyl (C=O) groups is 1. The molecule has 8 heteroatoms. The molecule has 0 spiro atoms. The normalized spacial score (nSPS) is 16.0. The number of hydrogen-bond acceptors (Lipinski definition) is 4. The molecule has 29 heavy (non-hydrogen) atoms. The van der Waals surface area contributed by atoms with Crippen LogP contribution in [0.5, 0.6) is 0 Å². The van der Waals surface area contributed by atoms with E-state index in [-0.39, 0.29) is 18.3 Å². The zero-order valence-electron chi connectivity index (χ0n) is 16.7. The molecule has 1 heterocycles. The Bertz CT molecular complexity index is 969. The summed E-state index contributed by atoms with van der Waals surface area (Å²) in [6.07, 6.45) is 0. The van der Waals surface area contributed by atoms with Gasteiger partial charge in [0.25, 0.3) is 0 Å². The van der Waals surface area contributed by atoms with Crippen molar-refractivity contribution in [2.45, 2.75) is 25.3 Å². The molecule has 1 N–H and O–H groups in total. The minimum Gasteiger partial charge on any atom is -0.351 e. The van der Waals surface area contributed by atoms with Gasteiger partial charge in [0.1, 0.15) is 5.82 Å². The van der Waals surface area contributed by atoms with E-state index in [1.54, 1.807) is 25.1 Å². The molecule has 1 fully saturated rings. The lowest BCUT2D eigenvalue weighted by Gasteiger charge is -2.33. The first-order chi connectivity index (χ1) is 13.8. The van der Waals surface area contributed by atoms with Crippen LogP contribution in [0.3, 0.4) is 0 Å². The maximum Gasteiger partial charge on any atom is 0.243 e. The van der Waals surface area contributed by atoms with E-state index in [2.05, 4.69) is 5.32 Å². The summed E-state index contributed by atoms with van der Waals surface area (Å²) in [6, 6.07) is 11.4. The Hall–Kier alpha value is -2.29. The number of sulfonamides is 1. The van der Waals surface area contributed by atoms with E-state index in [1.807, 2.05) is 24.0 Å². The van der Waals surface area contributed by atoms with Crippen LogP contribution in [0.2, 0.25) is 0 Å². The van der Waals surface area contributed by atoms with Gasteiger partial charge in [0.05, 0.1) is 11.4 Å². The van der Waals surface area contributed by atoms with Gasteiger partial charge < -0.3 is 5.32 Å². The molecule has 0 atom stereocenters. The van der Waals surface area contributed by atoms with Crippen LogP contribution >= 0.6 is 0 Å². The second-order valence-corrected chi connectivity index (χ2v) is 9.26. The van der Waals surface area contributed by atoms with Crippen molar-refractivity contribution < 1.29 is 17.6 Å². The maximum absolute atomic E-state index is 13.0. The zero-order valence-corrected chi connectivity index (χ0v) is 17.5. The average molecular weight is 420 g/mol. The van der Waals surface area contributed by atoms with Crippen molar-refractivity contribution in [2.24, 2.45) is 0 Å². The standard InChI is InChI=1S/C21H26FN3O3S/c1-16-3-4-17(2)20(13-16)29(27,28)25-11-9-24(10-12-25)15-21(26)23-14-18-5-7-19(22)8-6-18/h3-8,13H,9-12,14-15H2,1-2H3,(H,23,26). The predicted octanol–water partition coefficient (Wildman–Crippen LogP) is 2.07. The van der Waals surface area contributed by atoms with Crippen molar-refractivity contribution in [1.29, 1.82) is 0 Å².